The molecule has 0 saturated heterocycles. The number of hydrogen-bond acceptors (Lipinski definition) is 4. The van der Waals surface area contributed by atoms with Crippen LogP contribution in [0.25, 0.3) is 0 Å². The van der Waals surface area contributed by atoms with E-state index in [9.17, 15) is 4.79 Å². The van der Waals surface area contributed by atoms with Crippen LogP contribution in [0.15, 0.2) is 35.7 Å². The molecule has 1 aliphatic heterocycles. The third-order valence-electron chi connectivity index (χ3n) is 3.99. The summed E-state index contributed by atoms with van der Waals surface area (Å²) in [6.07, 6.45) is 1.16. The van der Waals surface area contributed by atoms with E-state index in [0.717, 1.165) is 38.2 Å². The third-order valence-corrected chi connectivity index (χ3v) is 5.02. The minimum atomic E-state index is -0.873. The Morgan fingerprint density at radius 1 is 1.36 bits per heavy atom. The summed E-state index contributed by atoms with van der Waals surface area (Å²) in [5.74, 6) is -0.873. The van der Waals surface area contributed by atoms with Gasteiger partial charge in [0.25, 0.3) is 0 Å². The molecule has 116 valence electrons. The molecule has 0 unspecified atom stereocenters. The smallest absolute Gasteiger partial charge is 0.335 e. The van der Waals surface area contributed by atoms with Crippen molar-refractivity contribution in [3.05, 3.63) is 57.3 Å². The van der Waals surface area contributed by atoms with E-state index in [-0.39, 0.29) is 0 Å². The van der Waals surface area contributed by atoms with Crippen LogP contribution in [0.3, 0.4) is 0 Å². The van der Waals surface area contributed by atoms with Gasteiger partial charge in [-0.05, 0) is 41.1 Å². The second-order valence-corrected chi connectivity index (χ2v) is 6.58. The van der Waals surface area contributed by atoms with Crippen LogP contribution in [-0.2, 0) is 19.5 Å². The molecule has 2 heterocycles. The van der Waals surface area contributed by atoms with Crippen molar-refractivity contribution in [2.75, 3.05) is 19.6 Å². The number of benzene rings is 1. The van der Waals surface area contributed by atoms with Crippen molar-refractivity contribution in [2.45, 2.75) is 19.5 Å². The van der Waals surface area contributed by atoms with Crippen molar-refractivity contribution < 1.29 is 9.90 Å². The molecule has 0 bridgehead atoms. The van der Waals surface area contributed by atoms with Gasteiger partial charge in [-0.15, -0.1) is 11.3 Å². The SMILES string of the molecule is O=C(O)c1cccc(CNCCN2CCc3sccc3C2)c1. The molecule has 0 saturated carbocycles. The zero-order chi connectivity index (χ0) is 15.4. The molecule has 1 aromatic carbocycles. The summed E-state index contributed by atoms with van der Waals surface area (Å²) >= 11 is 1.87. The van der Waals surface area contributed by atoms with E-state index < -0.39 is 5.97 Å². The number of nitrogens with zero attached hydrogens (tertiary/aromatic N) is 1. The Hall–Kier alpha value is -1.69. The topological polar surface area (TPSA) is 52.6 Å². The van der Waals surface area contributed by atoms with Gasteiger partial charge in [-0.1, -0.05) is 12.1 Å². The molecule has 22 heavy (non-hydrogen) atoms. The van der Waals surface area contributed by atoms with Gasteiger partial charge in [-0.2, -0.15) is 0 Å². The van der Waals surface area contributed by atoms with Crippen LogP contribution < -0.4 is 5.32 Å². The molecule has 1 aromatic heterocycles. The average molecular weight is 316 g/mol. The van der Waals surface area contributed by atoms with Gasteiger partial charge in [0.1, 0.15) is 0 Å². The van der Waals surface area contributed by atoms with Crippen molar-refractivity contribution in [2.24, 2.45) is 0 Å². The van der Waals surface area contributed by atoms with Gasteiger partial charge in [0.15, 0.2) is 0 Å². The Morgan fingerprint density at radius 3 is 3.14 bits per heavy atom. The number of hydrogen-bond donors (Lipinski definition) is 2. The largest absolute Gasteiger partial charge is 0.478 e. The summed E-state index contributed by atoms with van der Waals surface area (Å²) in [7, 11) is 0. The maximum Gasteiger partial charge on any atom is 0.335 e. The van der Waals surface area contributed by atoms with Crippen molar-refractivity contribution in [3.63, 3.8) is 0 Å². The number of carboxylic acids is 1. The van der Waals surface area contributed by atoms with Crippen molar-refractivity contribution in [3.8, 4) is 0 Å². The second kappa shape index (κ2) is 7.05. The van der Waals surface area contributed by atoms with Crippen molar-refractivity contribution in [1.29, 1.82) is 0 Å². The molecule has 2 N–H and O–H groups in total. The standard InChI is InChI=1S/C17H20N2O2S/c20-17(21)14-3-1-2-13(10-14)11-18-6-8-19-7-4-16-15(12-19)5-9-22-16/h1-3,5,9-10,18H,4,6-8,11-12H2,(H,20,21). The lowest BCUT2D eigenvalue weighted by atomic mass is 10.1. The molecular weight excluding hydrogens is 296 g/mol. The lowest BCUT2D eigenvalue weighted by molar-refractivity contribution is 0.0696. The van der Waals surface area contributed by atoms with Gasteiger partial charge in [-0.25, -0.2) is 4.79 Å². The average Bonchev–Trinajstić information content (AvgIpc) is 2.99. The van der Waals surface area contributed by atoms with Crippen LogP contribution in [0.5, 0.6) is 0 Å². The summed E-state index contributed by atoms with van der Waals surface area (Å²) in [6.45, 7) is 4.82. The fourth-order valence-electron chi connectivity index (χ4n) is 2.78. The van der Waals surface area contributed by atoms with Crippen LogP contribution in [0.4, 0.5) is 0 Å². The summed E-state index contributed by atoms with van der Waals surface area (Å²) in [6, 6.07) is 9.34. The van der Waals surface area contributed by atoms with E-state index in [1.165, 1.54) is 10.4 Å². The van der Waals surface area contributed by atoms with Gasteiger partial charge < -0.3 is 10.4 Å². The molecule has 4 nitrogen and oxygen atoms in total. The minimum absolute atomic E-state index is 0.348. The predicted octanol–water partition coefficient (Wildman–Crippen LogP) is 2.59. The highest BCUT2D eigenvalue weighted by Gasteiger charge is 2.16. The molecule has 0 aliphatic carbocycles. The van der Waals surface area contributed by atoms with Crippen molar-refractivity contribution in [1.82, 2.24) is 10.2 Å². The zero-order valence-electron chi connectivity index (χ0n) is 12.4. The highest BCUT2D eigenvalue weighted by atomic mass is 32.1. The fourth-order valence-corrected chi connectivity index (χ4v) is 3.67. The third kappa shape index (κ3) is 3.74. The van der Waals surface area contributed by atoms with Gasteiger partial charge in [-0.3, -0.25) is 4.90 Å². The van der Waals surface area contributed by atoms with E-state index in [1.807, 2.05) is 17.4 Å². The Kier molecular flexibility index (Phi) is 4.87. The molecule has 0 fully saturated rings. The van der Waals surface area contributed by atoms with E-state index in [2.05, 4.69) is 21.7 Å². The maximum absolute atomic E-state index is 10.9. The molecule has 0 atom stereocenters. The van der Waals surface area contributed by atoms with Gasteiger partial charge in [0.2, 0.25) is 0 Å². The Labute approximate surface area is 134 Å². The lowest BCUT2D eigenvalue weighted by Crippen LogP contribution is -2.35. The van der Waals surface area contributed by atoms with Gasteiger partial charge >= 0.3 is 5.97 Å². The summed E-state index contributed by atoms with van der Waals surface area (Å²) in [5.41, 5.74) is 2.84. The second-order valence-electron chi connectivity index (χ2n) is 5.58. The number of carbonyl (C=O) groups is 1. The number of nitrogens with one attached hydrogen (secondary N) is 1. The monoisotopic (exact) mass is 316 g/mol. The van der Waals surface area contributed by atoms with E-state index in [0.29, 0.717) is 12.1 Å². The first-order valence-corrected chi connectivity index (χ1v) is 8.41. The van der Waals surface area contributed by atoms with Crippen LogP contribution in [0.1, 0.15) is 26.4 Å². The minimum Gasteiger partial charge on any atom is -0.478 e. The predicted molar refractivity (Wildman–Crippen MR) is 88.4 cm³/mol. The number of thiophene rings is 1. The quantitative estimate of drug-likeness (QED) is 0.804. The number of fused-ring (bicyclic) bond motifs is 1. The van der Waals surface area contributed by atoms with Gasteiger partial charge in [0.05, 0.1) is 5.56 Å². The van der Waals surface area contributed by atoms with Crippen molar-refractivity contribution >= 4 is 17.3 Å². The Morgan fingerprint density at radius 2 is 2.27 bits per heavy atom. The van der Waals surface area contributed by atoms with E-state index in [4.69, 9.17) is 5.11 Å². The Balaban J connectivity index is 1.43. The molecule has 0 radical (unpaired) electrons. The molecule has 0 amide bonds. The molecular formula is C17H20N2O2S. The number of aromatic carboxylic acids is 1. The molecule has 0 spiro atoms. The first-order chi connectivity index (χ1) is 10.7. The van der Waals surface area contributed by atoms with Crippen LogP contribution in [0.2, 0.25) is 0 Å². The normalized spacial score (nSPS) is 14.7. The van der Waals surface area contributed by atoms with Gasteiger partial charge in [0, 0.05) is 37.6 Å². The van der Waals surface area contributed by atoms with Crippen LogP contribution in [-0.4, -0.2) is 35.6 Å². The lowest BCUT2D eigenvalue weighted by Gasteiger charge is -2.26. The summed E-state index contributed by atoms with van der Waals surface area (Å²) < 4.78 is 0. The van der Waals surface area contributed by atoms with E-state index in [1.54, 1.807) is 18.2 Å². The Bertz CT molecular complexity index is 654. The molecule has 2 aromatic rings. The molecule has 5 heteroatoms. The molecule has 3 rings (SSSR count). The summed E-state index contributed by atoms with van der Waals surface area (Å²) in [5, 5.41) is 14.6. The zero-order valence-corrected chi connectivity index (χ0v) is 13.2. The first-order valence-electron chi connectivity index (χ1n) is 7.53. The van der Waals surface area contributed by atoms with E-state index >= 15 is 0 Å². The molecule has 1 aliphatic rings. The number of carboxylic acid groups (broad SMARTS) is 1. The first kappa shape index (κ1) is 15.2. The number of rotatable bonds is 6. The van der Waals surface area contributed by atoms with Crippen LogP contribution in [0, 0.1) is 0 Å². The highest BCUT2D eigenvalue weighted by Crippen LogP contribution is 2.23. The maximum atomic E-state index is 10.9. The van der Waals surface area contributed by atoms with Crippen LogP contribution >= 0.6 is 11.3 Å². The summed E-state index contributed by atoms with van der Waals surface area (Å²) in [4.78, 5) is 14.9. The highest BCUT2D eigenvalue weighted by molar-refractivity contribution is 7.10. The fraction of sp³-hybridized carbons (Fsp3) is 0.353.